The SMILES string of the molecule is CCCCCCC/C=C/C(=O)N1CCC(N(C)C)CC1.Cl. The molecule has 0 saturated carbocycles. The first-order chi connectivity index (χ1) is 9.65. The predicted molar refractivity (Wildman–Crippen MR) is 93.1 cm³/mol. The van der Waals surface area contributed by atoms with E-state index in [1.165, 1.54) is 32.1 Å². The quantitative estimate of drug-likeness (QED) is 0.501. The highest BCUT2D eigenvalue weighted by Gasteiger charge is 2.22. The molecule has 0 aromatic carbocycles. The normalized spacial score (nSPS) is 16.5. The molecule has 1 aliphatic rings. The Labute approximate surface area is 137 Å². The van der Waals surface area contributed by atoms with Crippen molar-refractivity contribution in [3.8, 4) is 0 Å². The van der Waals surface area contributed by atoms with Crippen LogP contribution < -0.4 is 0 Å². The number of carbonyl (C=O) groups is 1. The molecule has 0 aromatic rings. The molecule has 1 amide bonds. The van der Waals surface area contributed by atoms with E-state index in [4.69, 9.17) is 0 Å². The lowest BCUT2D eigenvalue weighted by Crippen LogP contribution is -2.43. The second-order valence-corrected chi connectivity index (χ2v) is 6.13. The maximum atomic E-state index is 12.0. The van der Waals surface area contributed by atoms with E-state index in [0.717, 1.165) is 32.4 Å². The summed E-state index contributed by atoms with van der Waals surface area (Å²) in [5, 5.41) is 0. The molecule has 4 heteroatoms. The molecule has 0 aliphatic carbocycles. The van der Waals surface area contributed by atoms with Crippen molar-refractivity contribution >= 4 is 18.3 Å². The zero-order chi connectivity index (χ0) is 14.8. The third-order valence-corrected chi connectivity index (χ3v) is 4.24. The lowest BCUT2D eigenvalue weighted by Gasteiger charge is -2.34. The molecule has 0 N–H and O–H groups in total. The number of carbonyl (C=O) groups excluding carboxylic acids is 1. The first-order valence-corrected chi connectivity index (χ1v) is 8.27. The molecule has 0 bridgehead atoms. The number of hydrogen-bond acceptors (Lipinski definition) is 2. The summed E-state index contributed by atoms with van der Waals surface area (Å²) in [4.78, 5) is 16.3. The van der Waals surface area contributed by atoms with Crippen LogP contribution in [0, 0.1) is 0 Å². The van der Waals surface area contributed by atoms with Crippen molar-refractivity contribution in [2.75, 3.05) is 27.2 Å². The van der Waals surface area contributed by atoms with Gasteiger partial charge < -0.3 is 9.80 Å². The topological polar surface area (TPSA) is 23.6 Å². The van der Waals surface area contributed by atoms with Crippen molar-refractivity contribution in [3.05, 3.63) is 12.2 Å². The fraction of sp³-hybridized carbons (Fsp3) is 0.824. The molecule has 0 radical (unpaired) electrons. The van der Waals surface area contributed by atoms with Gasteiger partial charge in [0.2, 0.25) is 5.91 Å². The Bertz CT molecular complexity index is 297. The van der Waals surface area contributed by atoms with Crippen LogP contribution in [0.1, 0.15) is 58.3 Å². The Morgan fingerprint density at radius 2 is 1.76 bits per heavy atom. The summed E-state index contributed by atoms with van der Waals surface area (Å²) in [5.41, 5.74) is 0. The second-order valence-electron chi connectivity index (χ2n) is 6.13. The molecule has 1 saturated heterocycles. The van der Waals surface area contributed by atoms with Crippen LogP contribution in [-0.4, -0.2) is 48.9 Å². The van der Waals surface area contributed by atoms with Crippen molar-refractivity contribution in [3.63, 3.8) is 0 Å². The largest absolute Gasteiger partial charge is 0.339 e. The zero-order valence-corrected chi connectivity index (χ0v) is 14.8. The number of hydrogen-bond donors (Lipinski definition) is 0. The smallest absolute Gasteiger partial charge is 0.246 e. The van der Waals surface area contributed by atoms with E-state index in [1.807, 2.05) is 4.90 Å². The number of likely N-dealkylation sites (tertiary alicyclic amines) is 1. The Kier molecular flexibility index (Phi) is 11.7. The van der Waals surface area contributed by atoms with Gasteiger partial charge in [0.1, 0.15) is 0 Å². The standard InChI is InChI=1S/C17H32N2O.ClH/c1-4-5-6-7-8-9-10-11-17(20)19-14-12-16(13-15-19)18(2)3;/h10-11,16H,4-9,12-15H2,1-3H3;1H/b11-10+;. The first-order valence-electron chi connectivity index (χ1n) is 8.27. The van der Waals surface area contributed by atoms with E-state index >= 15 is 0 Å². The monoisotopic (exact) mass is 316 g/mol. The third-order valence-electron chi connectivity index (χ3n) is 4.24. The van der Waals surface area contributed by atoms with Crippen molar-refractivity contribution in [1.82, 2.24) is 9.80 Å². The van der Waals surface area contributed by atoms with Gasteiger partial charge in [0.15, 0.2) is 0 Å². The number of rotatable bonds is 8. The number of unbranched alkanes of at least 4 members (excludes halogenated alkanes) is 5. The third kappa shape index (κ3) is 8.47. The molecule has 0 aromatic heterocycles. The summed E-state index contributed by atoms with van der Waals surface area (Å²) in [7, 11) is 4.25. The molecule has 0 spiro atoms. The van der Waals surface area contributed by atoms with Gasteiger partial charge in [-0.05, 0) is 45.9 Å². The summed E-state index contributed by atoms with van der Waals surface area (Å²) in [6, 6.07) is 0.640. The number of halogens is 1. The van der Waals surface area contributed by atoms with Gasteiger partial charge in [-0.15, -0.1) is 12.4 Å². The molecule has 124 valence electrons. The van der Waals surface area contributed by atoms with Crippen molar-refractivity contribution in [2.24, 2.45) is 0 Å². The minimum Gasteiger partial charge on any atom is -0.339 e. The zero-order valence-electron chi connectivity index (χ0n) is 14.0. The van der Waals surface area contributed by atoms with Crippen LogP contribution in [0.3, 0.4) is 0 Å². The minimum absolute atomic E-state index is 0. The highest BCUT2D eigenvalue weighted by atomic mass is 35.5. The number of piperidine rings is 1. The van der Waals surface area contributed by atoms with Crippen molar-refractivity contribution in [2.45, 2.75) is 64.3 Å². The predicted octanol–water partition coefficient (Wildman–Crippen LogP) is 3.88. The molecule has 0 unspecified atom stereocenters. The summed E-state index contributed by atoms with van der Waals surface area (Å²) in [6.07, 6.45) is 13.6. The first kappa shape index (κ1) is 20.5. The fourth-order valence-corrected chi connectivity index (χ4v) is 2.76. The summed E-state index contributed by atoms with van der Waals surface area (Å²) < 4.78 is 0. The van der Waals surface area contributed by atoms with Crippen LogP contribution in [0.5, 0.6) is 0 Å². The van der Waals surface area contributed by atoms with Crippen molar-refractivity contribution in [1.29, 1.82) is 0 Å². The fourth-order valence-electron chi connectivity index (χ4n) is 2.76. The molecule has 1 aliphatic heterocycles. The van der Waals surface area contributed by atoms with Gasteiger partial charge >= 0.3 is 0 Å². The van der Waals surface area contributed by atoms with Gasteiger partial charge in [0.25, 0.3) is 0 Å². The maximum Gasteiger partial charge on any atom is 0.246 e. The molecular weight excluding hydrogens is 284 g/mol. The van der Waals surface area contributed by atoms with Crippen LogP contribution in [-0.2, 0) is 4.79 Å². The van der Waals surface area contributed by atoms with Gasteiger partial charge in [-0.3, -0.25) is 4.79 Å². The molecule has 0 atom stereocenters. The van der Waals surface area contributed by atoms with Gasteiger partial charge in [0.05, 0.1) is 0 Å². The Hall–Kier alpha value is -0.540. The average Bonchev–Trinajstić information content (AvgIpc) is 2.46. The number of allylic oxidation sites excluding steroid dienone is 1. The number of amides is 1. The second kappa shape index (κ2) is 12.0. The average molecular weight is 317 g/mol. The van der Waals surface area contributed by atoms with E-state index in [1.54, 1.807) is 6.08 Å². The van der Waals surface area contributed by atoms with Gasteiger partial charge in [-0.1, -0.05) is 38.7 Å². The van der Waals surface area contributed by atoms with E-state index < -0.39 is 0 Å². The van der Waals surface area contributed by atoms with E-state index in [2.05, 4.69) is 32.0 Å². The van der Waals surface area contributed by atoms with E-state index in [9.17, 15) is 4.79 Å². The molecule has 1 heterocycles. The molecule has 3 nitrogen and oxygen atoms in total. The summed E-state index contributed by atoms with van der Waals surface area (Å²) in [6.45, 7) is 4.04. The maximum absolute atomic E-state index is 12.0. The van der Waals surface area contributed by atoms with Gasteiger partial charge in [0, 0.05) is 19.1 Å². The highest BCUT2D eigenvalue weighted by Crippen LogP contribution is 2.14. The minimum atomic E-state index is 0. The van der Waals surface area contributed by atoms with Crippen LogP contribution in [0.4, 0.5) is 0 Å². The van der Waals surface area contributed by atoms with Crippen LogP contribution in [0.15, 0.2) is 12.2 Å². The van der Waals surface area contributed by atoms with E-state index in [-0.39, 0.29) is 18.3 Å². The molecule has 21 heavy (non-hydrogen) atoms. The van der Waals surface area contributed by atoms with Gasteiger partial charge in [-0.2, -0.15) is 0 Å². The summed E-state index contributed by atoms with van der Waals surface area (Å²) >= 11 is 0. The molecular formula is C17H33ClN2O. The van der Waals surface area contributed by atoms with Crippen LogP contribution in [0.25, 0.3) is 0 Å². The number of nitrogens with zero attached hydrogens (tertiary/aromatic N) is 2. The Morgan fingerprint density at radius 3 is 2.33 bits per heavy atom. The van der Waals surface area contributed by atoms with E-state index in [0.29, 0.717) is 6.04 Å². The van der Waals surface area contributed by atoms with Crippen LogP contribution in [0.2, 0.25) is 0 Å². The lowest BCUT2D eigenvalue weighted by atomic mass is 10.0. The highest BCUT2D eigenvalue weighted by molar-refractivity contribution is 5.87. The Balaban J connectivity index is 0.00000400. The molecule has 1 fully saturated rings. The van der Waals surface area contributed by atoms with Crippen molar-refractivity contribution < 1.29 is 4.79 Å². The molecule has 1 rings (SSSR count). The Morgan fingerprint density at radius 1 is 1.14 bits per heavy atom. The van der Waals surface area contributed by atoms with Crippen LogP contribution >= 0.6 is 12.4 Å². The van der Waals surface area contributed by atoms with Gasteiger partial charge in [-0.25, -0.2) is 0 Å². The lowest BCUT2D eigenvalue weighted by molar-refractivity contribution is -0.127. The summed E-state index contributed by atoms with van der Waals surface area (Å²) in [5.74, 6) is 0.204.